The van der Waals surface area contributed by atoms with E-state index in [1.54, 1.807) is 0 Å². The van der Waals surface area contributed by atoms with Gasteiger partial charge in [-0.15, -0.1) is 11.8 Å². The summed E-state index contributed by atoms with van der Waals surface area (Å²) >= 11 is 0. The molecule has 84 valence electrons. The Morgan fingerprint density at radius 2 is 2.12 bits per heavy atom. The molecule has 0 aromatic heterocycles. The lowest BCUT2D eigenvalue weighted by Gasteiger charge is -2.12. The highest BCUT2D eigenvalue weighted by atomic mass is 14.9. The summed E-state index contributed by atoms with van der Waals surface area (Å²) in [7, 11) is 2.04. The standard InChI is InChI=1S/C15H19N/c1-3-4-10-15(16-2)14-11-13(14)12-8-6-5-7-9-12/h5-9,13-16H,10-11H2,1-2H3. The fraction of sp³-hybridized carbons (Fsp3) is 0.467. The van der Waals surface area contributed by atoms with Crippen LogP contribution < -0.4 is 5.32 Å². The van der Waals surface area contributed by atoms with Crippen molar-refractivity contribution < 1.29 is 0 Å². The third kappa shape index (κ3) is 2.46. The Hall–Kier alpha value is -1.26. The van der Waals surface area contributed by atoms with Gasteiger partial charge in [-0.1, -0.05) is 30.3 Å². The fourth-order valence-electron chi connectivity index (χ4n) is 2.42. The van der Waals surface area contributed by atoms with Gasteiger partial charge in [-0.25, -0.2) is 0 Å². The summed E-state index contributed by atoms with van der Waals surface area (Å²) in [5.41, 5.74) is 1.48. The lowest BCUT2D eigenvalue weighted by atomic mass is 10.0. The van der Waals surface area contributed by atoms with E-state index in [1.807, 2.05) is 14.0 Å². The van der Waals surface area contributed by atoms with Crippen molar-refractivity contribution in [2.75, 3.05) is 7.05 Å². The van der Waals surface area contributed by atoms with Gasteiger partial charge in [0.1, 0.15) is 0 Å². The van der Waals surface area contributed by atoms with E-state index >= 15 is 0 Å². The molecule has 1 aromatic carbocycles. The first-order valence-corrected chi connectivity index (χ1v) is 5.98. The van der Waals surface area contributed by atoms with Crippen LogP contribution in [0.5, 0.6) is 0 Å². The molecule has 0 bridgehead atoms. The first-order valence-electron chi connectivity index (χ1n) is 5.98. The Morgan fingerprint density at radius 1 is 1.38 bits per heavy atom. The molecular formula is C15H19N. The fourth-order valence-corrected chi connectivity index (χ4v) is 2.42. The minimum Gasteiger partial charge on any atom is -0.316 e. The van der Waals surface area contributed by atoms with Crippen molar-refractivity contribution in [2.24, 2.45) is 5.92 Å². The molecule has 1 nitrogen and oxygen atoms in total. The molecule has 0 saturated heterocycles. The Balaban J connectivity index is 1.96. The van der Waals surface area contributed by atoms with Crippen molar-refractivity contribution in [1.82, 2.24) is 5.32 Å². The first kappa shape index (κ1) is 11.2. The van der Waals surface area contributed by atoms with Gasteiger partial charge in [-0.2, -0.15) is 0 Å². The molecular weight excluding hydrogens is 194 g/mol. The van der Waals surface area contributed by atoms with Gasteiger partial charge in [0.2, 0.25) is 0 Å². The summed E-state index contributed by atoms with van der Waals surface area (Å²) in [6, 6.07) is 11.4. The second-order valence-electron chi connectivity index (χ2n) is 4.44. The van der Waals surface area contributed by atoms with Crippen molar-refractivity contribution in [2.45, 2.75) is 31.7 Å². The van der Waals surface area contributed by atoms with Crippen LogP contribution in [0.2, 0.25) is 0 Å². The highest BCUT2D eigenvalue weighted by Gasteiger charge is 2.42. The quantitative estimate of drug-likeness (QED) is 0.758. The average Bonchev–Trinajstić information content (AvgIpc) is 3.12. The lowest BCUT2D eigenvalue weighted by molar-refractivity contribution is 0.504. The molecule has 1 saturated carbocycles. The third-order valence-corrected chi connectivity index (χ3v) is 3.45. The zero-order valence-corrected chi connectivity index (χ0v) is 10.0. The van der Waals surface area contributed by atoms with E-state index in [1.165, 1.54) is 12.0 Å². The highest BCUT2D eigenvalue weighted by molar-refractivity contribution is 5.27. The maximum atomic E-state index is 3.40. The Kier molecular flexibility index (Phi) is 3.64. The molecule has 0 radical (unpaired) electrons. The molecule has 0 amide bonds. The van der Waals surface area contributed by atoms with Gasteiger partial charge in [-0.05, 0) is 37.8 Å². The van der Waals surface area contributed by atoms with Gasteiger partial charge >= 0.3 is 0 Å². The van der Waals surface area contributed by atoms with E-state index in [-0.39, 0.29) is 0 Å². The van der Waals surface area contributed by atoms with E-state index < -0.39 is 0 Å². The van der Waals surface area contributed by atoms with Gasteiger partial charge in [0.05, 0.1) is 0 Å². The van der Waals surface area contributed by atoms with E-state index in [4.69, 9.17) is 0 Å². The molecule has 0 aliphatic heterocycles. The molecule has 1 fully saturated rings. The molecule has 2 rings (SSSR count). The van der Waals surface area contributed by atoms with Crippen molar-refractivity contribution in [3.05, 3.63) is 35.9 Å². The zero-order valence-electron chi connectivity index (χ0n) is 10.0. The van der Waals surface area contributed by atoms with Crippen LogP contribution in [0, 0.1) is 17.8 Å². The van der Waals surface area contributed by atoms with Crippen LogP contribution in [0.25, 0.3) is 0 Å². The molecule has 1 heteroatoms. The smallest absolute Gasteiger partial charge is 0.0246 e. The predicted molar refractivity (Wildman–Crippen MR) is 68.2 cm³/mol. The number of hydrogen-bond acceptors (Lipinski definition) is 1. The van der Waals surface area contributed by atoms with Crippen molar-refractivity contribution in [1.29, 1.82) is 0 Å². The first-order chi connectivity index (χ1) is 7.86. The molecule has 3 unspecified atom stereocenters. The van der Waals surface area contributed by atoms with Crippen LogP contribution in [0.4, 0.5) is 0 Å². The predicted octanol–water partition coefficient (Wildman–Crippen LogP) is 2.79. The topological polar surface area (TPSA) is 12.0 Å². The minimum atomic E-state index is 0.553. The maximum Gasteiger partial charge on any atom is 0.0246 e. The average molecular weight is 213 g/mol. The largest absolute Gasteiger partial charge is 0.316 e. The molecule has 1 aromatic rings. The number of benzene rings is 1. The molecule has 0 spiro atoms. The van der Waals surface area contributed by atoms with Crippen LogP contribution in [0.3, 0.4) is 0 Å². The Morgan fingerprint density at radius 3 is 2.75 bits per heavy atom. The molecule has 1 N–H and O–H groups in total. The van der Waals surface area contributed by atoms with Crippen molar-refractivity contribution >= 4 is 0 Å². The Bertz CT molecular complexity index is 385. The summed E-state index contributed by atoms with van der Waals surface area (Å²) in [6.45, 7) is 1.91. The summed E-state index contributed by atoms with van der Waals surface area (Å²) in [5.74, 6) is 7.68. The molecule has 16 heavy (non-hydrogen) atoms. The van der Waals surface area contributed by atoms with Crippen LogP contribution in [0.1, 0.15) is 31.2 Å². The maximum absolute atomic E-state index is 3.40. The van der Waals surface area contributed by atoms with Gasteiger partial charge in [0.25, 0.3) is 0 Å². The number of hydrogen-bond donors (Lipinski definition) is 1. The highest BCUT2D eigenvalue weighted by Crippen LogP contribution is 2.49. The summed E-state index contributed by atoms with van der Waals surface area (Å²) < 4.78 is 0. The molecule has 1 aliphatic rings. The van der Waals surface area contributed by atoms with Gasteiger partial charge < -0.3 is 5.32 Å². The van der Waals surface area contributed by atoms with Gasteiger partial charge in [0, 0.05) is 12.5 Å². The van der Waals surface area contributed by atoms with Gasteiger partial charge in [-0.3, -0.25) is 0 Å². The third-order valence-electron chi connectivity index (χ3n) is 3.45. The second kappa shape index (κ2) is 5.18. The van der Waals surface area contributed by atoms with Crippen LogP contribution in [0.15, 0.2) is 30.3 Å². The monoisotopic (exact) mass is 213 g/mol. The van der Waals surface area contributed by atoms with Gasteiger partial charge in [0.15, 0.2) is 0 Å². The van der Waals surface area contributed by atoms with E-state index in [0.717, 1.165) is 18.3 Å². The van der Waals surface area contributed by atoms with Crippen LogP contribution in [-0.2, 0) is 0 Å². The second-order valence-corrected chi connectivity index (χ2v) is 4.44. The zero-order chi connectivity index (χ0) is 11.4. The number of nitrogens with one attached hydrogen (secondary N) is 1. The Labute approximate surface area is 98.3 Å². The van der Waals surface area contributed by atoms with E-state index in [2.05, 4.69) is 47.5 Å². The van der Waals surface area contributed by atoms with Crippen LogP contribution in [-0.4, -0.2) is 13.1 Å². The SMILES string of the molecule is CC#CCC(NC)C1CC1c1ccccc1. The summed E-state index contributed by atoms with van der Waals surface area (Å²) in [5, 5.41) is 3.40. The molecule has 0 heterocycles. The van der Waals surface area contributed by atoms with Crippen molar-refractivity contribution in [3.63, 3.8) is 0 Å². The van der Waals surface area contributed by atoms with Crippen molar-refractivity contribution in [3.8, 4) is 11.8 Å². The van der Waals surface area contributed by atoms with E-state index in [0.29, 0.717) is 6.04 Å². The summed E-state index contributed by atoms with van der Waals surface area (Å²) in [4.78, 5) is 0. The molecule has 3 atom stereocenters. The molecule has 1 aliphatic carbocycles. The minimum absolute atomic E-state index is 0.553. The van der Waals surface area contributed by atoms with E-state index in [9.17, 15) is 0 Å². The normalized spacial score (nSPS) is 24.4. The van der Waals surface area contributed by atoms with Crippen LogP contribution >= 0.6 is 0 Å². The number of rotatable bonds is 4. The lowest BCUT2D eigenvalue weighted by Crippen LogP contribution is -2.27. The summed E-state index contributed by atoms with van der Waals surface area (Å²) in [6.07, 6.45) is 2.28.